The average Bonchev–Trinajstić information content (AvgIpc) is 3.49. The van der Waals surface area contributed by atoms with E-state index in [1.165, 1.54) is 18.4 Å². The molecule has 2 aromatic heterocycles. The summed E-state index contributed by atoms with van der Waals surface area (Å²) in [6, 6.07) is 10.7. The van der Waals surface area contributed by atoms with Crippen LogP contribution in [-0.4, -0.2) is 68.7 Å². The van der Waals surface area contributed by atoms with Crippen molar-refractivity contribution >= 4 is 11.5 Å². The highest BCUT2D eigenvalue weighted by atomic mass is 15.3. The zero-order chi connectivity index (χ0) is 18.8. The molecule has 1 aliphatic carbocycles. The van der Waals surface area contributed by atoms with E-state index in [1.54, 1.807) is 0 Å². The van der Waals surface area contributed by atoms with Gasteiger partial charge in [0.05, 0.1) is 0 Å². The smallest absolute Gasteiger partial charge is 0.203 e. The predicted octanol–water partition coefficient (Wildman–Crippen LogP) is 2.23. The lowest BCUT2D eigenvalue weighted by Crippen LogP contribution is -2.47. The Kier molecular flexibility index (Phi) is 4.93. The van der Waals surface area contributed by atoms with Gasteiger partial charge in [-0.1, -0.05) is 30.3 Å². The highest BCUT2D eigenvalue weighted by Crippen LogP contribution is 2.39. The molecule has 0 unspecified atom stereocenters. The summed E-state index contributed by atoms with van der Waals surface area (Å²) in [5, 5.41) is 12.2. The van der Waals surface area contributed by atoms with Crippen LogP contribution < -0.4 is 5.32 Å². The Balaban J connectivity index is 1.11. The van der Waals surface area contributed by atoms with Crippen molar-refractivity contribution in [2.24, 2.45) is 0 Å². The largest absolute Gasteiger partial charge is 0.366 e. The van der Waals surface area contributed by atoms with Gasteiger partial charge in [-0.05, 0) is 18.4 Å². The minimum absolute atomic E-state index is 0.581. The molecule has 2 aliphatic rings. The van der Waals surface area contributed by atoms with Crippen LogP contribution in [0.5, 0.6) is 0 Å². The van der Waals surface area contributed by atoms with Crippen molar-refractivity contribution in [3.63, 3.8) is 0 Å². The topological polar surface area (TPSA) is 61.6 Å². The van der Waals surface area contributed by atoms with E-state index in [0.717, 1.165) is 63.1 Å². The molecule has 3 aromatic rings. The number of piperazine rings is 1. The molecule has 1 saturated carbocycles. The van der Waals surface area contributed by atoms with E-state index in [2.05, 4.69) is 65.0 Å². The van der Waals surface area contributed by atoms with E-state index in [9.17, 15) is 0 Å². The third kappa shape index (κ3) is 3.86. The minimum Gasteiger partial charge on any atom is -0.366 e. The molecule has 1 N–H and O–H groups in total. The van der Waals surface area contributed by atoms with Crippen molar-refractivity contribution in [2.45, 2.75) is 25.3 Å². The maximum absolute atomic E-state index is 4.48. The summed E-state index contributed by atoms with van der Waals surface area (Å²) in [4.78, 5) is 9.54. The van der Waals surface area contributed by atoms with Crippen molar-refractivity contribution in [1.29, 1.82) is 0 Å². The van der Waals surface area contributed by atoms with Crippen molar-refractivity contribution in [3.8, 4) is 0 Å². The van der Waals surface area contributed by atoms with Gasteiger partial charge >= 0.3 is 0 Å². The Bertz CT molecular complexity index is 911. The standard InChI is InChI=1S/C21H27N7/c1-2-4-17(5-3-1)16-27-14-12-26(13-15-27)10-8-22-19-21-25-24-20(18-6-7-18)28(21)11-9-23-19/h1-5,9,11,18H,6-8,10,12-16H2,(H,22,23). The fourth-order valence-corrected chi connectivity index (χ4v) is 3.93. The van der Waals surface area contributed by atoms with Gasteiger partial charge in [0.2, 0.25) is 5.65 Å². The molecule has 3 heterocycles. The number of hydrogen-bond donors (Lipinski definition) is 1. The van der Waals surface area contributed by atoms with Crippen LogP contribution in [0.4, 0.5) is 5.82 Å². The molecule has 0 amide bonds. The van der Waals surface area contributed by atoms with Gasteiger partial charge in [0, 0.05) is 64.1 Å². The normalized spacial score (nSPS) is 18.6. The van der Waals surface area contributed by atoms with Gasteiger partial charge < -0.3 is 5.32 Å². The first-order chi connectivity index (χ1) is 13.9. The molecule has 0 atom stereocenters. The van der Waals surface area contributed by atoms with Gasteiger partial charge in [-0.15, -0.1) is 10.2 Å². The Morgan fingerprint density at radius 2 is 1.75 bits per heavy atom. The Morgan fingerprint density at radius 3 is 2.54 bits per heavy atom. The molecule has 1 saturated heterocycles. The van der Waals surface area contributed by atoms with Crippen molar-refractivity contribution < 1.29 is 0 Å². The Hall–Kier alpha value is -2.51. The minimum atomic E-state index is 0.581. The summed E-state index contributed by atoms with van der Waals surface area (Å²) in [6.45, 7) is 7.42. The molecule has 1 aromatic carbocycles. The lowest BCUT2D eigenvalue weighted by Gasteiger charge is -2.34. The quantitative estimate of drug-likeness (QED) is 0.681. The third-order valence-electron chi connectivity index (χ3n) is 5.73. The highest BCUT2D eigenvalue weighted by molar-refractivity contribution is 5.62. The monoisotopic (exact) mass is 377 g/mol. The summed E-state index contributed by atoms with van der Waals surface area (Å²) < 4.78 is 2.09. The molecule has 28 heavy (non-hydrogen) atoms. The average molecular weight is 377 g/mol. The van der Waals surface area contributed by atoms with Crippen molar-refractivity contribution in [2.75, 3.05) is 44.6 Å². The molecule has 0 bridgehead atoms. The van der Waals surface area contributed by atoms with Crippen LogP contribution >= 0.6 is 0 Å². The van der Waals surface area contributed by atoms with Crippen molar-refractivity contribution in [3.05, 3.63) is 54.1 Å². The first kappa shape index (κ1) is 17.6. The number of benzene rings is 1. The van der Waals surface area contributed by atoms with Gasteiger partial charge in [0.1, 0.15) is 5.82 Å². The van der Waals surface area contributed by atoms with E-state index in [-0.39, 0.29) is 0 Å². The summed E-state index contributed by atoms with van der Waals surface area (Å²) in [5.41, 5.74) is 2.24. The van der Waals surface area contributed by atoms with E-state index in [4.69, 9.17) is 0 Å². The van der Waals surface area contributed by atoms with Crippen LogP contribution in [-0.2, 0) is 6.54 Å². The van der Waals surface area contributed by atoms with Crippen LogP contribution in [0.25, 0.3) is 5.65 Å². The SMILES string of the molecule is c1ccc(CN2CCN(CCNc3nccn4c(C5CC5)nnc34)CC2)cc1. The highest BCUT2D eigenvalue weighted by Gasteiger charge is 2.29. The van der Waals surface area contributed by atoms with Gasteiger partial charge in [-0.2, -0.15) is 0 Å². The molecule has 146 valence electrons. The molecule has 2 fully saturated rings. The van der Waals surface area contributed by atoms with Crippen LogP contribution in [0.2, 0.25) is 0 Å². The molecule has 7 nitrogen and oxygen atoms in total. The molecule has 7 heteroatoms. The second-order valence-corrected chi connectivity index (χ2v) is 7.83. The van der Waals surface area contributed by atoms with Crippen LogP contribution in [0.1, 0.15) is 30.1 Å². The molecule has 5 rings (SSSR count). The molecular formula is C21H27N7. The van der Waals surface area contributed by atoms with E-state index < -0.39 is 0 Å². The number of anilines is 1. The predicted molar refractivity (Wildman–Crippen MR) is 109 cm³/mol. The molecule has 0 spiro atoms. The summed E-state index contributed by atoms with van der Waals surface area (Å²) in [7, 11) is 0. The fraction of sp³-hybridized carbons (Fsp3) is 0.476. The number of fused-ring (bicyclic) bond motifs is 1. The number of nitrogens with zero attached hydrogens (tertiary/aromatic N) is 6. The fourth-order valence-electron chi connectivity index (χ4n) is 3.93. The second-order valence-electron chi connectivity index (χ2n) is 7.83. The number of hydrogen-bond acceptors (Lipinski definition) is 6. The Labute approximate surface area is 165 Å². The summed E-state index contributed by atoms with van der Waals surface area (Å²) >= 11 is 0. The number of aromatic nitrogens is 4. The van der Waals surface area contributed by atoms with Crippen LogP contribution in [0.15, 0.2) is 42.7 Å². The second kappa shape index (κ2) is 7.85. The lowest BCUT2D eigenvalue weighted by atomic mass is 10.2. The van der Waals surface area contributed by atoms with Crippen LogP contribution in [0.3, 0.4) is 0 Å². The maximum Gasteiger partial charge on any atom is 0.203 e. The molecular weight excluding hydrogens is 350 g/mol. The maximum atomic E-state index is 4.48. The van der Waals surface area contributed by atoms with Crippen LogP contribution in [0, 0.1) is 0 Å². The Morgan fingerprint density at radius 1 is 0.964 bits per heavy atom. The van der Waals surface area contributed by atoms with E-state index >= 15 is 0 Å². The van der Waals surface area contributed by atoms with Gasteiger partial charge in [-0.25, -0.2) is 4.98 Å². The first-order valence-corrected chi connectivity index (χ1v) is 10.3. The summed E-state index contributed by atoms with van der Waals surface area (Å²) in [5.74, 6) is 2.50. The molecule has 1 aliphatic heterocycles. The molecule has 0 radical (unpaired) electrons. The summed E-state index contributed by atoms with van der Waals surface area (Å²) in [6.07, 6.45) is 6.26. The lowest BCUT2D eigenvalue weighted by molar-refractivity contribution is 0.130. The zero-order valence-electron chi connectivity index (χ0n) is 16.2. The van der Waals surface area contributed by atoms with Crippen molar-refractivity contribution in [1.82, 2.24) is 29.4 Å². The number of rotatable bonds is 7. The first-order valence-electron chi connectivity index (χ1n) is 10.3. The van der Waals surface area contributed by atoms with Gasteiger partial charge in [0.25, 0.3) is 0 Å². The third-order valence-corrected chi connectivity index (χ3v) is 5.73. The zero-order valence-corrected chi connectivity index (χ0v) is 16.2. The number of nitrogens with one attached hydrogen (secondary N) is 1. The van der Waals surface area contributed by atoms with Gasteiger partial charge in [0.15, 0.2) is 5.82 Å². The van der Waals surface area contributed by atoms with E-state index in [0.29, 0.717) is 5.92 Å². The van der Waals surface area contributed by atoms with E-state index in [1.807, 2.05) is 12.4 Å². The van der Waals surface area contributed by atoms with Gasteiger partial charge in [-0.3, -0.25) is 14.2 Å².